The summed E-state index contributed by atoms with van der Waals surface area (Å²) >= 11 is 0. The number of anilines is 3. The third kappa shape index (κ3) is 4.29. The Morgan fingerprint density at radius 3 is 2.48 bits per heavy atom. The van der Waals surface area contributed by atoms with Gasteiger partial charge in [-0.05, 0) is 42.5 Å². The molecule has 25 heavy (non-hydrogen) atoms. The molecule has 1 aromatic heterocycles. The van der Waals surface area contributed by atoms with Crippen molar-refractivity contribution < 1.29 is 13.9 Å². The van der Waals surface area contributed by atoms with E-state index in [1.54, 1.807) is 43.5 Å². The molecule has 7 heteroatoms. The number of carbonyl (C=O) groups excluding carboxylic acids is 1. The Balaban J connectivity index is 1.65. The lowest BCUT2D eigenvalue weighted by molar-refractivity contribution is 0.102. The van der Waals surface area contributed by atoms with Crippen molar-refractivity contribution in [3.05, 3.63) is 72.4 Å². The molecule has 0 unspecified atom stereocenters. The van der Waals surface area contributed by atoms with Gasteiger partial charge in [0.15, 0.2) is 0 Å². The molecule has 2 aromatic carbocycles. The Kier molecular flexibility index (Phi) is 4.84. The number of aromatic nitrogens is 2. The number of hydrogen-bond acceptors (Lipinski definition) is 5. The van der Waals surface area contributed by atoms with Gasteiger partial charge in [-0.1, -0.05) is 6.07 Å². The van der Waals surface area contributed by atoms with Crippen molar-refractivity contribution in [2.75, 3.05) is 17.7 Å². The lowest BCUT2D eigenvalue weighted by atomic mass is 10.3. The number of methoxy groups -OCH3 is 1. The molecule has 0 fully saturated rings. The first-order valence-corrected chi connectivity index (χ1v) is 7.44. The van der Waals surface area contributed by atoms with E-state index in [-0.39, 0.29) is 17.4 Å². The summed E-state index contributed by atoms with van der Waals surface area (Å²) < 4.78 is 18.2. The molecule has 0 saturated carbocycles. The average Bonchev–Trinajstić information content (AvgIpc) is 2.63. The number of hydrogen-bond donors (Lipinski definition) is 2. The molecule has 3 aromatic rings. The molecule has 6 nitrogen and oxygen atoms in total. The van der Waals surface area contributed by atoms with E-state index in [1.165, 1.54) is 24.5 Å². The lowest BCUT2D eigenvalue weighted by Gasteiger charge is -2.07. The fourth-order valence-corrected chi connectivity index (χ4v) is 2.09. The molecule has 126 valence electrons. The van der Waals surface area contributed by atoms with Crippen LogP contribution in [-0.4, -0.2) is 23.0 Å². The number of nitrogens with zero attached hydrogens (tertiary/aromatic N) is 2. The topological polar surface area (TPSA) is 76.1 Å². The first-order chi connectivity index (χ1) is 12.1. The van der Waals surface area contributed by atoms with E-state index in [1.807, 2.05) is 0 Å². The number of ether oxygens (including phenoxy) is 1. The molecule has 0 aliphatic rings. The Morgan fingerprint density at radius 1 is 1.04 bits per heavy atom. The molecule has 0 aliphatic heterocycles. The first-order valence-electron chi connectivity index (χ1n) is 7.44. The van der Waals surface area contributed by atoms with Gasteiger partial charge in [0.25, 0.3) is 5.91 Å². The Hall–Kier alpha value is -3.48. The molecule has 1 amide bonds. The van der Waals surface area contributed by atoms with Crippen LogP contribution in [0.15, 0.2) is 60.9 Å². The van der Waals surface area contributed by atoms with E-state index in [4.69, 9.17) is 4.74 Å². The van der Waals surface area contributed by atoms with Crippen molar-refractivity contribution in [3.8, 4) is 5.75 Å². The fraction of sp³-hybridized carbons (Fsp3) is 0.0556. The van der Waals surface area contributed by atoms with E-state index in [0.29, 0.717) is 22.9 Å². The number of rotatable bonds is 5. The third-order valence-electron chi connectivity index (χ3n) is 3.33. The second-order valence-electron chi connectivity index (χ2n) is 5.10. The Bertz CT molecular complexity index is 867. The standard InChI is InChI=1S/C18H15FN4O2/c1-25-15-7-5-13(6-8-15)23-18(24)16-10-21-17(11-20-16)22-14-4-2-3-12(19)9-14/h2-11H,1H3,(H,21,22)(H,23,24). The summed E-state index contributed by atoms with van der Waals surface area (Å²) in [5, 5.41) is 5.63. The Morgan fingerprint density at radius 2 is 1.84 bits per heavy atom. The minimum absolute atomic E-state index is 0.167. The predicted octanol–water partition coefficient (Wildman–Crippen LogP) is 3.62. The van der Waals surface area contributed by atoms with Crippen molar-refractivity contribution >= 4 is 23.1 Å². The van der Waals surface area contributed by atoms with Crippen LogP contribution in [0, 0.1) is 5.82 Å². The van der Waals surface area contributed by atoms with Crippen LogP contribution in [0.5, 0.6) is 5.75 Å². The summed E-state index contributed by atoms with van der Waals surface area (Å²) in [4.78, 5) is 20.4. The van der Waals surface area contributed by atoms with Crippen LogP contribution in [0.25, 0.3) is 0 Å². The van der Waals surface area contributed by atoms with Crippen molar-refractivity contribution in [1.82, 2.24) is 9.97 Å². The molecular weight excluding hydrogens is 323 g/mol. The molecule has 2 N–H and O–H groups in total. The number of amides is 1. The second kappa shape index (κ2) is 7.39. The number of benzene rings is 2. The summed E-state index contributed by atoms with van der Waals surface area (Å²) in [5.74, 6) is 0.376. The van der Waals surface area contributed by atoms with Crippen LogP contribution in [0.4, 0.5) is 21.6 Å². The SMILES string of the molecule is COc1ccc(NC(=O)c2cnc(Nc3cccc(F)c3)cn2)cc1. The maximum Gasteiger partial charge on any atom is 0.275 e. The highest BCUT2D eigenvalue weighted by molar-refractivity contribution is 6.02. The van der Waals surface area contributed by atoms with Crippen LogP contribution in [-0.2, 0) is 0 Å². The van der Waals surface area contributed by atoms with Crippen molar-refractivity contribution in [3.63, 3.8) is 0 Å². The van der Waals surface area contributed by atoms with Gasteiger partial charge in [-0.3, -0.25) is 4.79 Å². The summed E-state index contributed by atoms with van der Waals surface area (Å²) in [6.45, 7) is 0. The molecule has 0 spiro atoms. The molecule has 1 heterocycles. The molecular formula is C18H15FN4O2. The number of halogens is 1. The van der Waals surface area contributed by atoms with Crippen molar-refractivity contribution in [1.29, 1.82) is 0 Å². The minimum atomic E-state index is -0.380. The Labute approximate surface area is 143 Å². The van der Waals surface area contributed by atoms with Gasteiger partial charge in [0.2, 0.25) is 0 Å². The third-order valence-corrected chi connectivity index (χ3v) is 3.33. The summed E-state index contributed by atoms with van der Waals surface area (Å²) in [7, 11) is 1.57. The zero-order valence-corrected chi connectivity index (χ0v) is 13.4. The lowest BCUT2D eigenvalue weighted by Crippen LogP contribution is -2.14. The minimum Gasteiger partial charge on any atom is -0.497 e. The van der Waals surface area contributed by atoms with Gasteiger partial charge in [0.05, 0.1) is 19.5 Å². The van der Waals surface area contributed by atoms with Crippen LogP contribution < -0.4 is 15.4 Å². The van der Waals surface area contributed by atoms with Crippen LogP contribution in [0.3, 0.4) is 0 Å². The summed E-state index contributed by atoms with van der Waals surface area (Å²) in [5.41, 5.74) is 1.33. The molecule has 0 atom stereocenters. The molecule has 0 radical (unpaired) electrons. The van der Waals surface area contributed by atoms with E-state index >= 15 is 0 Å². The van der Waals surface area contributed by atoms with Crippen molar-refractivity contribution in [2.45, 2.75) is 0 Å². The smallest absolute Gasteiger partial charge is 0.275 e. The zero-order chi connectivity index (χ0) is 17.6. The first kappa shape index (κ1) is 16.4. The number of nitrogens with one attached hydrogen (secondary N) is 2. The maximum atomic E-state index is 13.2. The van der Waals surface area contributed by atoms with Crippen LogP contribution in [0.1, 0.15) is 10.5 Å². The van der Waals surface area contributed by atoms with E-state index in [2.05, 4.69) is 20.6 Å². The largest absolute Gasteiger partial charge is 0.497 e. The highest BCUT2D eigenvalue weighted by Crippen LogP contribution is 2.17. The molecule has 0 saturated heterocycles. The normalized spacial score (nSPS) is 10.2. The monoisotopic (exact) mass is 338 g/mol. The molecule has 0 bridgehead atoms. The van der Waals surface area contributed by atoms with Gasteiger partial charge < -0.3 is 15.4 Å². The fourth-order valence-electron chi connectivity index (χ4n) is 2.09. The highest BCUT2D eigenvalue weighted by atomic mass is 19.1. The van der Waals surface area contributed by atoms with E-state index < -0.39 is 0 Å². The zero-order valence-electron chi connectivity index (χ0n) is 13.4. The number of carbonyl (C=O) groups is 1. The van der Waals surface area contributed by atoms with Crippen LogP contribution in [0.2, 0.25) is 0 Å². The van der Waals surface area contributed by atoms with E-state index in [0.717, 1.165) is 0 Å². The van der Waals surface area contributed by atoms with Gasteiger partial charge in [-0.25, -0.2) is 14.4 Å². The van der Waals surface area contributed by atoms with Crippen LogP contribution >= 0.6 is 0 Å². The van der Waals surface area contributed by atoms with Gasteiger partial charge in [0, 0.05) is 11.4 Å². The van der Waals surface area contributed by atoms with Gasteiger partial charge in [-0.15, -0.1) is 0 Å². The maximum absolute atomic E-state index is 13.2. The summed E-state index contributed by atoms with van der Waals surface area (Å²) in [6, 6.07) is 12.9. The highest BCUT2D eigenvalue weighted by Gasteiger charge is 2.09. The average molecular weight is 338 g/mol. The quantitative estimate of drug-likeness (QED) is 0.743. The van der Waals surface area contributed by atoms with Gasteiger partial charge >= 0.3 is 0 Å². The van der Waals surface area contributed by atoms with Gasteiger partial charge in [0.1, 0.15) is 23.1 Å². The second-order valence-corrected chi connectivity index (χ2v) is 5.10. The van der Waals surface area contributed by atoms with Gasteiger partial charge in [-0.2, -0.15) is 0 Å². The van der Waals surface area contributed by atoms with Crippen molar-refractivity contribution in [2.24, 2.45) is 0 Å². The van der Waals surface area contributed by atoms with E-state index in [9.17, 15) is 9.18 Å². The molecule has 0 aliphatic carbocycles. The molecule has 3 rings (SSSR count). The predicted molar refractivity (Wildman–Crippen MR) is 92.7 cm³/mol. The summed E-state index contributed by atoms with van der Waals surface area (Å²) in [6.07, 6.45) is 2.76.